The highest BCUT2D eigenvalue weighted by molar-refractivity contribution is 6.01. The highest BCUT2D eigenvalue weighted by Crippen LogP contribution is 2.47. The molecule has 3 aromatic rings. The molecule has 8 nitrogen and oxygen atoms in total. The van der Waals surface area contributed by atoms with E-state index in [9.17, 15) is 9.59 Å². The Kier molecular flexibility index (Phi) is 7.73. The molecule has 188 valence electrons. The van der Waals surface area contributed by atoms with E-state index in [1.165, 1.54) is 7.11 Å². The standard InChI is InChI=1S/C28H31N3O5/c1-5-14-31-25(18-15-22(34-2)26(36-4)23(16-18)35-3)24(20-11-6-7-12-21(20)28(31)33)27(32)30-17-19-10-8-9-13-29-19/h6-13,15-16,24-25H,5,14,17H2,1-4H3,(H,30,32)/t24-,25+/m1/s1. The number of nitrogens with zero attached hydrogens (tertiary/aromatic N) is 2. The number of methoxy groups -OCH3 is 3. The van der Waals surface area contributed by atoms with Gasteiger partial charge < -0.3 is 24.4 Å². The molecule has 0 radical (unpaired) electrons. The van der Waals surface area contributed by atoms with E-state index in [2.05, 4.69) is 10.3 Å². The van der Waals surface area contributed by atoms with Gasteiger partial charge in [0.15, 0.2) is 11.5 Å². The van der Waals surface area contributed by atoms with Crippen LogP contribution in [0, 0.1) is 0 Å². The maximum atomic E-state index is 13.8. The fraction of sp³-hybridized carbons (Fsp3) is 0.321. The largest absolute Gasteiger partial charge is 0.493 e. The smallest absolute Gasteiger partial charge is 0.254 e. The first-order valence-electron chi connectivity index (χ1n) is 11.9. The molecule has 4 rings (SSSR count). The highest BCUT2D eigenvalue weighted by atomic mass is 16.5. The van der Waals surface area contributed by atoms with E-state index in [1.54, 1.807) is 31.4 Å². The minimum absolute atomic E-state index is 0.111. The summed E-state index contributed by atoms with van der Waals surface area (Å²) in [7, 11) is 4.63. The van der Waals surface area contributed by atoms with Crippen molar-refractivity contribution in [3.05, 3.63) is 83.2 Å². The minimum Gasteiger partial charge on any atom is -0.493 e. The van der Waals surface area contributed by atoms with Gasteiger partial charge in [-0.3, -0.25) is 14.6 Å². The maximum Gasteiger partial charge on any atom is 0.254 e. The lowest BCUT2D eigenvalue weighted by Gasteiger charge is -2.42. The first kappa shape index (κ1) is 25.0. The zero-order valence-corrected chi connectivity index (χ0v) is 21.0. The SMILES string of the molecule is CCCN1C(=O)c2ccccc2[C@@H](C(=O)NCc2ccccn2)[C@@H]1c1cc(OC)c(OC)c(OC)c1. The predicted molar refractivity (Wildman–Crippen MR) is 135 cm³/mol. The Bertz CT molecular complexity index is 1210. The fourth-order valence-corrected chi connectivity index (χ4v) is 4.80. The van der Waals surface area contributed by atoms with Crippen LogP contribution in [0.25, 0.3) is 0 Å². The van der Waals surface area contributed by atoms with Gasteiger partial charge in [-0.2, -0.15) is 0 Å². The molecule has 2 aromatic carbocycles. The lowest BCUT2D eigenvalue weighted by atomic mass is 9.79. The molecule has 2 atom stereocenters. The zero-order chi connectivity index (χ0) is 25.7. The Hall–Kier alpha value is -4.07. The number of carbonyl (C=O) groups excluding carboxylic acids is 2. The van der Waals surface area contributed by atoms with Crippen molar-refractivity contribution in [2.45, 2.75) is 31.8 Å². The summed E-state index contributed by atoms with van der Waals surface area (Å²) in [6.45, 7) is 2.77. The molecule has 1 aliphatic rings. The van der Waals surface area contributed by atoms with Gasteiger partial charge in [0.1, 0.15) is 0 Å². The van der Waals surface area contributed by atoms with Crippen LogP contribution >= 0.6 is 0 Å². The second-order valence-corrected chi connectivity index (χ2v) is 8.51. The van der Waals surface area contributed by atoms with Gasteiger partial charge in [-0.1, -0.05) is 31.2 Å². The molecule has 0 fully saturated rings. The fourth-order valence-electron chi connectivity index (χ4n) is 4.80. The maximum absolute atomic E-state index is 13.8. The van der Waals surface area contributed by atoms with E-state index >= 15 is 0 Å². The van der Waals surface area contributed by atoms with Crippen molar-refractivity contribution in [1.29, 1.82) is 0 Å². The first-order chi connectivity index (χ1) is 17.5. The molecule has 1 aromatic heterocycles. The normalized spacial score (nSPS) is 16.8. The summed E-state index contributed by atoms with van der Waals surface area (Å²) in [4.78, 5) is 33.6. The number of hydrogen-bond donors (Lipinski definition) is 1. The molecule has 0 unspecified atom stereocenters. The summed E-state index contributed by atoms with van der Waals surface area (Å²) in [5, 5.41) is 3.04. The lowest BCUT2D eigenvalue weighted by Crippen LogP contribution is -2.47. The van der Waals surface area contributed by atoms with Crippen molar-refractivity contribution >= 4 is 11.8 Å². The summed E-state index contributed by atoms with van der Waals surface area (Å²) >= 11 is 0. The van der Waals surface area contributed by atoms with Crippen LogP contribution in [0.5, 0.6) is 17.2 Å². The van der Waals surface area contributed by atoms with E-state index in [4.69, 9.17) is 14.2 Å². The molecular weight excluding hydrogens is 458 g/mol. The molecule has 0 saturated carbocycles. The zero-order valence-electron chi connectivity index (χ0n) is 21.0. The topological polar surface area (TPSA) is 90.0 Å². The number of fused-ring (bicyclic) bond motifs is 1. The number of pyridine rings is 1. The molecule has 0 saturated heterocycles. The second-order valence-electron chi connectivity index (χ2n) is 8.51. The summed E-state index contributed by atoms with van der Waals surface area (Å²) < 4.78 is 16.7. The molecule has 36 heavy (non-hydrogen) atoms. The third-order valence-electron chi connectivity index (χ3n) is 6.38. The van der Waals surface area contributed by atoms with Crippen LogP contribution in [0.3, 0.4) is 0 Å². The Balaban J connectivity index is 1.85. The number of rotatable bonds is 9. The Morgan fingerprint density at radius 3 is 2.31 bits per heavy atom. The molecular formula is C28H31N3O5. The molecule has 1 aliphatic heterocycles. The highest BCUT2D eigenvalue weighted by Gasteiger charge is 2.44. The molecule has 0 aliphatic carbocycles. The minimum atomic E-state index is -0.656. The summed E-state index contributed by atoms with van der Waals surface area (Å²) in [5.41, 5.74) is 2.69. The number of hydrogen-bond acceptors (Lipinski definition) is 6. The van der Waals surface area contributed by atoms with Gasteiger partial charge in [-0.15, -0.1) is 0 Å². The number of ether oxygens (including phenoxy) is 3. The van der Waals surface area contributed by atoms with Crippen molar-refractivity contribution in [1.82, 2.24) is 15.2 Å². The Morgan fingerprint density at radius 2 is 1.69 bits per heavy atom. The molecule has 0 spiro atoms. The number of benzene rings is 2. The average molecular weight is 490 g/mol. The van der Waals surface area contributed by atoms with Crippen LogP contribution in [-0.2, 0) is 11.3 Å². The van der Waals surface area contributed by atoms with Crippen molar-refractivity contribution in [2.24, 2.45) is 0 Å². The van der Waals surface area contributed by atoms with Crippen molar-refractivity contribution in [3.8, 4) is 17.2 Å². The van der Waals surface area contributed by atoms with Gasteiger partial charge in [0.05, 0.1) is 45.5 Å². The van der Waals surface area contributed by atoms with Crippen LogP contribution in [0.1, 0.15) is 52.5 Å². The third kappa shape index (κ3) is 4.71. The van der Waals surface area contributed by atoms with Crippen LogP contribution in [0.4, 0.5) is 0 Å². The monoisotopic (exact) mass is 489 g/mol. The van der Waals surface area contributed by atoms with Crippen molar-refractivity contribution in [3.63, 3.8) is 0 Å². The van der Waals surface area contributed by atoms with Gasteiger partial charge in [0.2, 0.25) is 11.7 Å². The van der Waals surface area contributed by atoms with E-state index in [0.717, 1.165) is 17.7 Å². The number of nitrogens with one attached hydrogen (secondary N) is 1. The molecule has 2 amide bonds. The number of carbonyl (C=O) groups is 2. The second kappa shape index (κ2) is 11.1. The number of amides is 2. The van der Waals surface area contributed by atoms with Crippen molar-refractivity contribution in [2.75, 3.05) is 27.9 Å². The van der Waals surface area contributed by atoms with E-state index in [0.29, 0.717) is 34.9 Å². The van der Waals surface area contributed by atoms with Gasteiger partial charge in [0, 0.05) is 18.3 Å². The quantitative estimate of drug-likeness (QED) is 0.487. The Morgan fingerprint density at radius 1 is 1.00 bits per heavy atom. The summed E-state index contributed by atoms with van der Waals surface area (Å²) in [6, 6.07) is 15.9. The van der Waals surface area contributed by atoms with E-state index in [-0.39, 0.29) is 18.4 Å². The third-order valence-corrected chi connectivity index (χ3v) is 6.38. The lowest BCUT2D eigenvalue weighted by molar-refractivity contribution is -0.124. The number of aromatic nitrogens is 1. The summed E-state index contributed by atoms with van der Waals surface area (Å²) in [5.74, 6) is 0.409. The Labute approximate surface area is 211 Å². The van der Waals surface area contributed by atoms with Crippen molar-refractivity contribution < 1.29 is 23.8 Å². The summed E-state index contributed by atoms with van der Waals surface area (Å²) in [6.07, 6.45) is 2.43. The molecule has 2 heterocycles. The van der Waals surface area contributed by atoms with Gasteiger partial charge in [-0.05, 0) is 47.9 Å². The van der Waals surface area contributed by atoms with Crippen LogP contribution in [-0.4, -0.2) is 49.6 Å². The van der Waals surface area contributed by atoms with Gasteiger partial charge >= 0.3 is 0 Å². The molecule has 8 heteroatoms. The van der Waals surface area contributed by atoms with E-state index < -0.39 is 12.0 Å². The average Bonchev–Trinajstić information content (AvgIpc) is 2.92. The van der Waals surface area contributed by atoms with Gasteiger partial charge in [0.25, 0.3) is 5.91 Å². The van der Waals surface area contributed by atoms with Gasteiger partial charge in [-0.25, -0.2) is 0 Å². The molecule has 0 bridgehead atoms. The van der Waals surface area contributed by atoms with Crippen LogP contribution < -0.4 is 19.5 Å². The van der Waals surface area contributed by atoms with E-state index in [1.807, 2.05) is 55.5 Å². The van der Waals surface area contributed by atoms with Crippen LogP contribution in [0.15, 0.2) is 60.8 Å². The first-order valence-corrected chi connectivity index (χ1v) is 11.9. The molecule has 1 N–H and O–H groups in total. The van der Waals surface area contributed by atoms with Crippen LogP contribution in [0.2, 0.25) is 0 Å². The predicted octanol–water partition coefficient (Wildman–Crippen LogP) is 4.11.